The van der Waals surface area contributed by atoms with Crippen molar-refractivity contribution in [2.45, 2.75) is 0 Å². The maximum absolute atomic E-state index is 12.9. The van der Waals surface area contributed by atoms with E-state index in [9.17, 15) is 9.59 Å². The maximum atomic E-state index is 12.9. The van der Waals surface area contributed by atoms with Gasteiger partial charge in [0, 0.05) is 5.56 Å². The van der Waals surface area contributed by atoms with E-state index >= 15 is 0 Å². The summed E-state index contributed by atoms with van der Waals surface area (Å²) in [6.07, 6.45) is 1.60. The number of hydrogen-bond donors (Lipinski definition) is 0. The Morgan fingerprint density at radius 2 is 1.50 bits per heavy atom. The third kappa shape index (κ3) is 3.38. The minimum atomic E-state index is -0.434. The van der Waals surface area contributed by atoms with E-state index in [1.54, 1.807) is 42.5 Å². The first-order valence-electron chi connectivity index (χ1n) is 8.25. The van der Waals surface area contributed by atoms with E-state index in [1.807, 2.05) is 0 Å². The smallest absolute Gasteiger partial charge is 0.298 e. The molecule has 1 fully saturated rings. The van der Waals surface area contributed by atoms with Crippen LogP contribution in [-0.2, 0) is 4.79 Å². The van der Waals surface area contributed by atoms with Gasteiger partial charge >= 0.3 is 0 Å². The van der Waals surface area contributed by atoms with E-state index in [0.29, 0.717) is 34.2 Å². The van der Waals surface area contributed by atoms with E-state index in [0.717, 1.165) is 16.7 Å². The average molecular weight is 401 g/mol. The van der Waals surface area contributed by atoms with Gasteiger partial charge in [0.1, 0.15) is 5.75 Å². The number of imide groups is 1. The van der Waals surface area contributed by atoms with Crippen molar-refractivity contribution in [3.8, 4) is 23.0 Å². The van der Waals surface area contributed by atoms with Gasteiger partial charge in [-0.1, -0.05) is 12.1 Å². The van der Waals surface area contributed by atoms with Gasteiger partial charge in [-0.2, -0.15) is 0 Å². The molecule has 1 aliphatic rings. The highest BCUT2D eigenvalue weighted by Crippen LogP contribution is 2.43. The summed E-state index contributed by atoms with van der Waals surface area (Å²) in [6, 6.07) is 10.3. The Morgan fingerprint density at radius 3 is 2.14 bits per heavy atom. The molecule has 0 atom stereocenters. The van der Waals surface area contributed by atoms with Crippen molar-refractivity contribution in [2.75, 3.05) is 33.3 Å². The van der Waals surface area contributed by atoms with Crippen molar-refractivity contribution in [3.63, 3.8) is 0 Å². The van der Waals surface area contributed by atoms with Crippen molar-refractivity contribution in [3.05, 3.63) is 46.9 Å². The standard InChI is InChI=1S/C20H19NO6S/c1-24-14-8-6-5-7-13(14)21-19(22)16(28-20(21)23)11-12-9-10-15(25-2)18(27-4)17(12)26-3/h5-11H,1-4H3/b16-11-. The molecule has 2 aromatic rings. The zero-order valence-corrected chi connectivity index (χ0v) is 16.7. The number of carbonyl (C=O) groups is 2. The molecule has 8 heteroatoms. The van der Waals surface area contributed by atoms with Crippen LogP contribution in [0.5, 0.6) is 23.0 Å². The van der Waals surface area contributed by atoms with Gasteiger partial charge in [-0.15, -0.1) is 0 Å². The second-order valence-electron chi connectivity index (χ2n) is 5.61. The van der Waals surface area contributed by atoms with Gasteiger partial charge in [-0.3, -0.25) is 9.59 Å². The predicted molar refractivity (Wildman–Crippen MR) is 108 cm³/mol. The van der Waals surface area contributed by atoms with Crippen LogP contribution in [-0.4, -0.2) is 39.6 Å². The van der Waals surface area contributed by atoms with Crippen molar-refractivity contribution in [2.24, 2.45) is 0 Å². The fourth-order valence-corrected chi connectivity index (χ4v) is 3.69. The molecule has 0 unspecified atom stereocenters. The highest BCUT2D eigenvalue weighted by atomic mass is 32.2. The van der Waals surface area contributed by atoms with Crippen LogP contribution in [0.2, 0.25) is 0 Å². The molecule has 28 heavy (non-hydrogen) atoms. The topological polar surface area (TPSA) is 74.3 Å². The second kappa shape index (κ2) is 8.26. The lowest BCUT2D eigenvalue weighted by Gasteiger charge is -2.16. The van der Waals surface area contributed by atoms with Crippen LogP contribution < -0.4 is 23.8 Å². The largest absolute Gasteiger partial charge is 0.495 e. The summed E-state index contributed by atoms with van der Waals surface area (Å²) < 4.78 is 21.4. The highest BCUT2D eigenvalue weighted by molar-refractivity contribution is 8.19. The molecule has 0 radical (unpaired) electrons. The molecule has 0 bridgehead atoms. The Bertz CT molecular complexity index is 956. The lowest BCUT2D eigenvalue weighted by atomic mass is 10.1. The summed E-state index contributed by atoms with van der Waals surface area (Å²) in [7, 11) is 6.01. The first-order chi connectivity index (χ1) is 13.5. The summed E-state index contributed by atoms with van der Waals surface area (Å²) in [5.41, 5.74) is 0.987. The summed E-state index contributed by atoms with van der Waals surface area (Å²) in [5, 5.41) is -0.403. The fourth-order valence-electron chi connectivity index (χ4n) is 2.87. The van der Waals surface area contributed by atoms with Gasteiger partial charge in [-0.25, -0.2) is 4.90 Å². The zero-order valence-electron chi connectivity index (χ0n) is 15.8. The highest BCUT2D eigenvalue weighted by Gasteiger charge is 2.38. The number of methoxy groups -OCH3 is 4. The summed E-state index contributed by atoms with van der Waals surface area (Å²) >= 11 is 0.849. The number of para-hydroxylation sites is 2. The van der Waals surface area contributed by atoms with Gasteiger partial charge < -0.3 is 18.9 Å². The van der Waals surface area contributed by atoms with Crippen LogP contribution in [0.1, 0.15) is 5.56 Å². The van der Waals surface area contributed by atoms with Crippen molar-refractivity contribution >= 4 is 34.7 Å². The number of rotatable bonds is 6. The Morgan fingerprint density at radius 1 is 0.821 bits per heavy atom. The number of thioether (sulfide) groups is 1. The normalized spacial score (nSPS) is 15.1. The van der Waals surface area contributed by atoms with Gasteiger partial charge in [0.25, 0.3) is 11.1 Å². The maximum Gasteiger partial charge on any atom is 0.298 e. The van der Waals surface area contributed by atoms with Crippen LogP contribution in [0.25, 0.3) is 6.08 Å². The number of benzene rings is 2. The quantitative estimate of drug-likeness (QED) is 0.678. The van der Waals surface area contributed by atoms with Crippen LogP contribution in [0.3, 0.4) is 0 Å². The number of carbonyl (C=O) groups excluding carboxylic acids is 2. The molecule has 0 spiro atoms. The Hall–Kier alpha value is -3.13. The lowest BCUT2D eigenvalue weighted by Crippen LogP contribution is -2.28. The first-order valence-corrected chi connectivity index (χ1v) is 9.07. The van der Waals surface area contributed by atoms with E-state index in [1.165, 1.54) is 28.4 Å². The molecule has 0 aromatic heterocycles. The molecule has 0 N–H and O–H groups in total. The minimum absolute atomic E-state index is 0.265. The van der Waals surface area contributed by atoms with Crippen LogP contribution in [0.4, 0.5) is 10.5 Å². The number of ether oxygens (including phenoxy) is 4. The van der Waals surface area contributed by atoms with Gasteiger partial charge in [-0.05, 0) is 42.1 Å². The molecule has 7 nitrogen and oxygen atoms in total. The Labute approximate surface area is 166 Å². The SMILES string of the molecule is COc1ccccc1N1C(=O)S/C(=C\c2ccc(OC)c(OC)c2OC)C1=O. The fraction of sp³-hybridized carbons (Fsp3) is 0.200. The van der Waals surface area contributed by atoms with Gasteiger partial charge in [0.05, 0.1) is 39.0 Å². The van der Waals surface area contributed by atoms with Gasteiger partial charge in [0.2, 0.25) is 5.75 Å². The molecule has 0 saturated carbocycles. The molecule has 1 heterocycles. The van der Waals surface area contributed by atoms with E-state index in [-0.39, 0.29) is 4.91 Å². The number of amides is 2. The van der Waals surface area contributed by atoms with E-state index in [4.69, 9.17) is 18.9 Å². The molecule has 1 saturated heterocycles. The van der Waals surface area contributed by atoms with E-state index < -0.39 is 11.1 Å². The predicted octanol–water partition coefficient (Wildman–Crippen LogP) is 3.96. The monoisotopic (exact) mass is 401 g/mol. The summed E-state index contributed by atoms with van der Waals surface area (Å²) in [6.45, 7) is 0. The second-order valence-corrected chi connectivity index (χ2v) is 6.61. The molecule has 1 aliphatic heterocycles. The van der Waals surface area contributed by atoms with Crippen LogP contribution in [0, 0.1) is 0 Å². The average Bonchev–Trinajstić information content (AvgIpc) is 3.00. The number of hydrogen-bond acceptors (Lipinski definition) is 7. The van der Waals surface area contributed by atoms with Gasteiger partial charge in [0.15, 0.2) is 11.5 Å². The Kier molecular flexibility index (Phi) is 5.79. The van der Waals surface area contributed by atoms with Crippen molar-refractivity contribution < 1.29 is 28.5 Å². The molecular formula is C20H19NO6S. The third-order valence-corrected chi connectivity index (χ3v) is 5.01. The number of nitrogens with zero attached hydrogens (tertiary/aromatic N) is 1. The minimum Gasteiger partial charge on any atom is -0.495 e. The number of anilines is 1. The van der Waals surface area contributed by atoms with E-state index in [2.05, 4.69) is 0 Å². The van der Waals surface area contributed by atoms with Crippen molar-refractivity contribution in [1.82, 2.24) is 0 Å². The molecule has 3 rings (SSSR count). The zero-order chi connectivity index (χ0) is 20.3. The van der Waals surface area contributed by atoms with Crippen molar-refractivity contribution in [1.29, 1.82) is 0 Å². The third-order valence-electron chi connectivity index (χ3n) is 4.14. The van der Waals surface area contributed by atoms with Crippen LogP contribution >= 0.6 is 11.8 Å². The molecule has 0 aliphatic carbocycles. The summed E-state index contributed by atoms with van der Waals surface area (Å²) in [4.78, 5) is 26.8. The summed E-state index contributed by atoms with van der Waals surface area (Å²) in [5.74, 6) is 1.32. The molecule has 146 valence electrons. The Balaban J connectivity index is 2.03. The van der Waals surface area contributed by atoms with Crippen LogP contribution in [0.15, 0.2) is 41.3 Å². The lowest BCUT2D eigenvalue weighted by molar-refractivity contribution is -0.113. The first kappa shape index (κ1) is 19.6. The molecular weight excluding hydrogens is 382 g/mol. The molecule has 2 aromatic carbocycles. The molecule has 2 amide bonds.